The summed E-state index contributed by atoms with van der Waals surface area (Å²) in [6, 6.07) is 0. The Morgan fingerprint density at radius 3 is 2.50 bits per heavy atom. The fraction of sp³-hybridized carbons (Fsp3) is 0.778. The first-order valence-corrected chi connectivity index (χ1v) is 4.91. The molecule has 0 amide bonds. The van der Waals surface area contributed by atoms with Crippen LogP contribution in [0.25, 0.3) is 0 Å². The maximum atomic E-state index is 9.51. The Balaban J connectivity index is 2.38. The van der Waals surface area contributed by atoms with Gasteiger partial charge in [0.05, 0.1) is 6.61 Å². The molecule has 7 heteroatoms. The van der Waals surface area contributed by atoms with Crippen LogP contribution in [0.1, 0.15) is 0 Å². The molecule has 0 aliphatic carbocycles. The molecule has 1 rings (SSSR count). The summed E-state index contributed by atoms with van der Waals surface area (Å²) in [6.45, 7) is 3.80. The predicted molar refractivity (Wildman–Crippen MR) is 53.1 cm³/mol. The lowest BCUT2D eigenvalue weighted by Gasteiger charge is -2.37. The van der Waals surface area contributed by atoms with Gasteiger partial charge in [0.1, 0.15) is 24.4 Å². The van der Waals surface area contributed by atoms with Gasteiger partial charge in [-0.15, -0.1) is 6.58 Å². The van der Waals surface area contributed by atoms with Gasteiger partial charge >= 0.3 is 0 Å². The van der Waals surface area contributed by atoms with Crippen LogP contribution in [0.15, 0.2) is 12.7 Å². The normalized spacial score (nSPS) is 39.6. The molecule has 0 unspecified atom stereocenters. The van der Waals surface area contributed by atoms with E-state index in [1.165, 1.54) is 0 Å². The quantitative estimate of drug-likeness (QED) is 0.203. The number of aliphatic hydroxyl groups excluding tert-OH is 4. The van der Waals surface area contributed by atoms with Crippen molar-refractivity contribution < 1.29 is 30.0 Å². The van der Waals surface area contributed by atoms with Crippen molar-refractivity contribution in [2.24, 2.45) is 0 Å². The molecule has 1 heterocycles. The van der Waals surface area contributed by atoms with Crippen molar-refractivity contribution in [1.82, 2.24) is 5.48 Å². The van der Waals surface area contributed by atoms with Crippen molar-refractivity contribution in [3.05, 3.63) is 12.7 Å². The van der Waals surface area contributed by atoms with Gasteiger partial charge in [-0.3, -0.25) is 4.84 Å². The molecule has 7 nitrogen and oxygen atoms in total. The Bertz CT molecular complexity index is 226. The molecule has 94 valence electrons. The largest absolute Gasteiger partial charge is 0.387 e. The minimum Gasteiger partial charge on any atom is -0.387 e. The summed E-state index contributed by atoms with van der Waals surface area (Å²) in [7, 11) is 0. The predicted octanol–water partition coefficient (Wildman–Crippen LogP) is -2.51. The summed E-state index contributed by atoms with van der Waals surface area (Å²) < 4.78 is 4.87. The maximum absolute atomic E-state index is 9.51. The molecule has 1 aliphatic rings. The molecule has 1 aliphatic heterocycles. The molecular weight excluding hydrogens is 218 g/mol. The van der Waals surface area contributed by atoms with Crippen molar-refractivity contribution in [2.45, 2.75) is 30.7 Å². The Hall–Kier alpha value is -0.540. The molecule has 1 fully saturated rings. The summed E-state index contributed by atoms with van der Waals surface area (Å²) in [5, 5.41) is 37.3. The summed E-state index contributed by atoms with van der Waals surface area (Å²) in [5.74, 6) is 0. The van der Waals surface area contributed by atoms with Crippen molar-refractivity contribution in [2.75, 3.05) is 13.2 Å². The topological polar surface area (TPSA) is 111 Å². The van der Waals surface area contributed by atoms with Gasteiger partial charge in [-0.2, -0.15) is 5.48 Å². The lowest BCUT2D eigenvalue weighted by atomic mass is 9.99. The van der Waals surface area contributed by atoms with E-state index in [1.54, 1.807) is 6.08 Å². The molecular formula is C9H17NO6. The van der Waals surface area contributed by atoms with Crippen LogP contribution in [0, 0.1) is 0 Å². The molecule has 5 atom stereocenters. The highest BCUT2D eigenvalue weighted by Gasteiger charge is 2.42. The molecule has 0 saturated carbocycles. The van der Waals surface area contributed by atoms with Crippen LogP contribution in [-0.4, -0.2) is 64.3 Å². The summed E-state index contributed by atoms with van der Waals surface area (Å²) in [5.41, 5.74) is 2.51. The fourth-order valence-corrected chi connectivity index (χ4v) is 1.33. The monoisotopic (exact) mass is 235 g/mol. The number of aliphatic hydroxyl groups is 4. The first-order chi connectivity index (χ1) is 7.57. The van der Waals surface area contributed by atoms with E-state index in [0.717, 1.165) is 0 Å². The number of hydrogen-bond acceptors (Lipinski definition) is 7. The highest BCUT2D eigenvalue weighted by atomic mass is 16.7. The van der Waals surface area contributed by atoms with Gasteiger partial charge < -0.3 is 25.2 Å². The summed E-state index contributed by atoms with van der Waals surface area (Å²) in [4.78, 5) is 4.91. The third kappa shape index (κ3) is 3.22. The Morgan fingerprint density at radius 2 is 1.88 bits per heavy atom. The van der Waals surface area contributed by atoms with E-state index in [9.17, 15) is 20.4 Å². The molecule has 0 aromatic heterocycles. The zero-order valence-electron chi connectivity index (χ0n) is 8.69. The van der Waals surface area contributed by atoms with E-state index in [1.807, 2.05) is 0 Å². The molecule has 5 N–H and O–H groups in total. The van der Waals surface area contributed by atoms with Gasteiger partial charge in [0.25, 0.3) is 0 Å². The Labute approximate surface area is 92.9 Å². The van der Waals surface area contributed by atoms with Gasteiger partial charge in [-0.25, -0.2) is 0 Å². The molecule has 0 radical (unpaired) electrons. The van der Waals surface area contributed by atoms with E-state index < -0.39 is 30.7 Å². The highest BCUT2D eigenvalue weighted by molar-refractivity contribution is 4.88. The lowest BCUT2D eigenvalue weighted by molar-refractivity contribution is -0.291. The third-order valence-electron chi connectivity index (χ3n) is 2.26. The molecule has 0 spiro atoms. The second kappa shape index (κ2) is 6.26. The Kier molecular flexibility index (Phi) is 5.29. The van der Waals surface area contributed by atoms with Crippen molar-refractivity contribution in [1.29, 1.82) is 0 Å². The SMILES string of the molecule is C=CCNOC[C@H]1O[C@H](O)[C@H](O)[C@@H](O)[C@@H]1O. The minimum atomic E-state index is -1.54. The number of hydrogen-bond donors (Lipinski definition) is 5. The third-order valence-corrected chi connectivity index (χ3v) is 2.26. The van der Waals surface area contributed by atoms with Crippen LogP contribution < -0.4 is 5.48 Å². The molecule has 0 aromatic rings. The average Bonchev–Trinajstić information content (AvgIpc) is 2.28. The van der Waals surface area contributed by atoms with Crippen LogP contribution in [-0.2, 0) is 9.57 Å². The van der Waals surface area contributed by atoms with Gasteiger partial charge in [0, 0.05) is 6.54 Å². The van der Waals surface area contributed by atoms with E-state index in [-0.39, 0.29) is 6.61 Å². The summed E-state index contributed by atoms with van der Waals surface area (Å²) in [6.07, 6.45) is -5.17. The zero-order chi connectivity index (χ0) is 12.1. The zero-order valence-corrected chi connectivity index (χ0v) is 8.69. The smallest absolute Gasteiger partial charge is 0.184 e. The highest BCUT2D eigenvalue weighted by Crippen LogP contribution is 2.19. The standard InChI is InChI=1S/C9H17NO6/c1-2-3-10-15-4-5-6(11)7(12)8(13)9(14)16-5/h2,5-14H,1,3-4H2/t5-,6-,7+,8-,9+/m1/s1. The van der Waals surface area contributed by atoms with Crippen LogP contribution in [0.4, 0.5) is 0 Å². The maximum Gasteiger partial charge on any atom is 0.184 e. The summed E-state index contributed by atoms with van der Waals surface area (Å²) >= 11 is 0. The number of ether oxygens (including phenoxy) is 1. The minimum absolute atomic E-state index is 0.0736. The molecule has 0 aromatic carbocycles. The van der Waals surface area contributed by atoms with Gasteiger partial charge in [-0.1, -0.05) is 6.08 Å². The fourth-order valence-electron chi connectivity index (χ4n) is 1.33. The van der Waals surface area contributed by atoms with Crippen molar-refractivity contribution in [3.8, 4) is 0 Å². The molecule has 16 heavy (non-hydrogen) atoms. The van der Waals surface area contributed by atoms with Crippen LogP contribution in [0.5, 0.6) is 0 Å². The van der Waals surface area contributed by atoms with Crippen LogP contribution in [0.2, 0.25) is 0 Å². The van der Waals surface area contributed by atoms with Crippen molar-refractivity contribution in [3.63, 3.8) is 0 Å². The second-order valence-electron chi connectivity index (χ2n) is 3.49. The Morgan fingerprint density at radius 1 is 1.19 bits per heavy atom. The van der Waals surface area contributed by atoms with Crippen LogP contribution >= 0.6 is 0 Å². The number of hydroxylamine groups is 1. The van der Waals surface area contributed by atoms with E-state index in [0.29, 0.717) is 6.54 Å². The van der Waals surface area contributed by atoms with E-state index >= 15 is 0 Å². The average molecular weight is 235 g/mol. The van der Waals surface area contributed by atoms with Crippen LogP contribution in [0.3, 0.4) is 0 Å². The first kappa shape index (κ1) is 13.5. The lowest BCUT2D eigenvalue weighted by Crippen LogP contribution is -2.58. The molecule has 0 bridgehead atoms. The van der Waals surface area contributed by atoms with Crippen molar-refractivity contribution >= 4 is 0 Å². The van der Waals surface area contributed by atoms with E-state index in [4.69, 9.17) is 9.57 Å². The van der Waals surface area contributed by atoms with Gasteiger partial charge in [0.15, 0.2) is 6.29 Å². The van der Waals surface area contributed by atoms with Gasteiger partial charge in [0.2, 0.25) is 0 Å². The number of nitrogens with one attached hydrogen (secondary N) is 1. The first-order valence-electron chi connectivity index (χ1n) is 4.91. The number of rotatable bonds is 5. The van der Waals surface area contributed by atoms with E-state index in [2.05, 4.69) is 12.1 Å². The van der Waals surface area contributed by atoms with Gasteiger partial charge in [-0.05, 0) is 0 Å². The second-order valence-corrected chi connectivity index (χ2v) is 3.49. The molecule has 1 saturated heterocycles.